The van der Waals surface area contributed by atoms with Gasteiger partial charge in [-0.25, -0.2) is 0 Å². The number of carbonyl (C=O) groups is 2. The lowest BCUT2D eigenvalue weighted by molar-refractivity contribution is -0.123. The highest BCUT2D eigenvalue weighted by molar-refractivity contribution is 5.99. The second-order valence-corrected chi connectivity index (χ2v) is 8.41. The van der Waals surface area contributed by atoms with Crippen LogP contribution in [0.3, 0.4) is 0 Å². The number of benzene rings is 2. The number of fused-ring (bicyclic) bond motifs is 3. The minimum atomic E-state index is -0.252. The first-order valence-corrected chi connectivity index (χ1v) is 10.6. The number of aliphatic hydroxyl groups is 1. The highest BCUT2D eigenvalue weighted by Gasteiger charge is 2.55. The van der Waals surface area contributed by atoms with Crippen molar-refractivity contribution < 1.29 is 14.7 Å². The Morgan fingerprint density at radius 1 is 0.966 bits per heavy atom. The summed E-state index contributed by atoms with van der Waals surface area (Å²) in [6, 6.07) is 16.9. The standard InChI is InChI=1S/C24H26N2O3/c27-15-21-22-18-12-6-7-13-19(18)25(23(28)16-10-4-5-11-16)14-20(22)26(21)24(29)17-8-2-1-3-9-17/h1-3,6-9,12-13,16,20-22,27H,4-5,10-11,14-15H2/t20-,21-,22+/m1/s1. The van der Waals surface area contributed by atoms with E-state index in [1.54, 1.807) is 4.90 Å². The molecule has 5 rings (SSSR count). The smallest absolute Gasteiger partial charge is 0.254 e. The van der Waals surface area contributed by atoms with Crippen LogP contribution in [0, 0.1) is 5.92 Å². The van der Waals surface area contributed by atoms with E-state index < -0.39 is 0 Å². The number of likely N-dealkylation sites (tertiary alicyclic amines) is 1. The van der Waals surface area contributed by atoms with Crippen molar-refractivity contribution in [2.75, 3.05) is 18.1 Å². The van der Waals surface area contributed by atoms with Crippen LogP contribution in [0.5, 0.6) is 0 Å². The average Bonchev–Trinajstić information content (AvgIpc) is 3.29. The zero-order chi connectivity index (χ0) is 20.0. The van der Waals surface area contributed by atoms with Gasteiger partial charge in [0.1, 0.15) is 0 Å². The third-order valence-electron chi connectivity index (χ3n) is 6.91. The first-order chi connectivity index (χ1) is 14.2. The van der Waals surface area contributed by atoms with E-state index in [1.165, 1.54) is 0 Å². The highest BCUT2D eigenvalue weighted by Crippen LogP contribution is 2.49. The summed E-state index contributed by atoms with van der Waals surface area (Å²) in [5, 5.41) is 10.1. The highest BCUT2D eigenvalue weighted by atomic mass is 16.3. The molecule has 2 aliphatic heterocycles. The molecule has 0 spiro atoms. The molecule has 0 bridgehead atoms. The van der Waals surface area contributed by atoms with Crippen molar-refractivity contribution in [1.82, 2.24) is 4.90 Å². The monoisotopic (exact) mass is 390 g/mol. The minimum absolute atomic E-state index is 0.0662. The van der Waals surface area contributed by atoms with Gasteiger partial charge in [-0.3, -0.25) is 9.59 Å². The van der Waals surface area contributed by atoms with Gasteiger partial charge in [0.05, 0.1) is 18.7 Å². The summed E-state index contributed by atoms with van der Waals surface area (Å²) in [6.45, 7) is 0.427. The van der Waals surface area contributed by atoms with Gasteiger partial charge >= 0.3 is 0 Å². The topological polar surface area (TPSA) is 60.9 Å². The van der Waals surface area contributed by atoms with Gasteiger partial charge in [-0.2, -0.15) is 0 Å². The van der Waals surface area contributed by atoms with Gasteiger partial charge in [0, 0.05) is 29.6 Å². The second kappa shape index (κ2) is 7.30. The molecule has 5 nitrogen and oxygen atoms in total. The Labute approximate surface area is 170 Å². The van der Waals surface area contributed by atoms with Crippen LogP contribution in [0.25, 0.3) is 0 Å². The van der Waals surface area contributed by atoms with E-state index >= 15 is 0 Å². The van der Waals surface area contributed by atoms with Crippen LogP contribution in [-0.2, 0) is 4.79 Å². The van der Waals surface area contributed by atoms with Gasteiger partial charge in [-0.1, -0.05) is 49.2 Å². The van der Waals surface area contributed by atoms with Gasteiger partial charge in [0.15, 0.2) is 0 Å². The molecule has 1 saturated carbocycles. The lowest BCUT2D eigenvalue weighted by Gasteiger charge is -2.59. The average molecular weight is 390 g/mol. The molecule has 3 atom stereocenters. The zero-order valence-electron chi connectivity index (χ0n) is 16.4. The molecular formula is C24H26N2O3. The molecule has 0 aromatic heterocycles. The number of hydrogen-bond donors (Lipinski definition) is 1. The molecule has 5 heteroatoms. The van der Waals surface area contributed by atoms with Crippen molar-refractivity contribution in [3.63, 3.8) is 0 Å². The van der Waals surface area contributed by atoms with E-state index in [1.807, 2.05) is 59.5 Å². The zero-order valence-corrected chi connectivity index (χ0v) is 16.4. The number of hydrogen-bond acceptors (Lipinski definition) is 3. The maximum Gasteiger partial charge on any atom is 0.254 e. The van der Waals surface area contributed by atoms with Gasteiger partial charge in [-0.05, 0) is 36.6 Å². The van der Waals surface area contributed by atoms with Crippen LogP contribution in [0.2, 0.25) is 0 Å². The Balaban J connectivity index is 1.50. The van der Waals surface area contributed by atoms with Crippen molar-refractivity contribution in [2.24, 2.45) is 5.92 Å². The molecule has 0 unspecified atom stereocenters. The minimum Gasteiger partial charge on any atom is -0.394 e. The van der Waals surface area contributed by atoms with Crippen LogP contribution < -0.4 is 4.90 Å². The number of carbonyl (C=O) groups excluding carboxylic acids is 2. The molecule has 2 heterocycles. The van der Waals surface area contributed by atoms with E-state index in [2.05, 4.69) is 0 Å². The first-order valence-electron chi connectivity index (χ1n) is 10.6. The second-order valence-electron chi connectivity index (χ2n) is 8.41. The number of amides is 2. The third-order valence-corrected chi connectivity index (χ3v) is 6.91. The molecule has 1 saturated heterocycles. The van der Waals surface area contributed by atoms with Crippen molar-refractivity contribution in [3.8, 4) is 0 Å². The van der Waals surface area contributed by atoms with Crippen LogP contribution in [0.15, 0.2) is 54.6 Å². The molecular weight excluding hydrogens is 364 g/mol. The van der Waals surface area contributed by atoms with Crippen LogP contribution in [-0.4, -0.2) is 47.1 Å². The fourth-order valence-corrected chi connectivity index (χ4v) is 5.50. The molecule has 150 valence electrons. The Hall–Kier alpha value is -2.66. The summed E-state index contributed by atoms with van der Waals surface area (Å²) >= 11 is 0. The van der Waals surface area contributed by atoms with E-state index in [0.717, 1.165) is 36.9 Å². The summed E-state index contributed by atoms with van der Waals surface area (Å²) in [6.07, 6.45) is 4.14. The number of aliphatic hydroxyl groups excluding tert-OH is 1. The van der Waals surface area contributed by atoms with Crippen LogP contribution in [0.4, 0.5) is 5.69 Å². The molecule has 2 aromatic carbocycles. The van der Waals surface area contributed by atoms with Gasteiger partial charge in [0.2, 0.25) is 5.91 Å². The maximum absolute atomic E-state index is 13.3. The van der Waals surface area contributed by atoms with Crippen LogP contribution >= 0.6 is 0 Å². The SMILES string of the molecule is O=C(C1CCCC1)N1C[C@@H]2[C@H](c3ccccc31)[C@@H](CO)N2C(=O)c1ccccc1. The lowest BCUT2D eigenvalue weighted by atomic mass is 9.71. The molecule has 1 aliphatic carbocycles. The number of para-hydroxylation sites is 1. The summed E-state index contributed by atoms with van der Waals surface area (Å²) in [4.78, 5) is 30.2. The van der Waals surface area contributed by atoms with E-state index in [9.17, 15) is 14.7 Å². The largest absolute Gasteiger partial charge is 0.394 e. The van der Waals surface area contributed by atoms with Gasteiger partial charge < -0.3 is 14.9 Å². The quantitative estimate of drug-likeness (QED) is 0.876. The fourth-order valence-electron chi connectivity index (χ4n) is 5.50. The Bertz CT molecular complexity index is 923. The number of anilines is 1. The molecule has 2 aromatic rings. The molecule has 29 heavy (non-hydrogen) atoms. The summed E-state index contributed by atoms with van der Waals surface area (Å²) in [7, 11) is 0. The molecule has 2 fully saturated rings. The predicted molar refractivity (Wildman–Crippen MR) is 111 cm³/mol. The molecule has 1 N–H and O–H groups in total. The third kappa shape index (κ3) is 2.87. The molecule has 3 aliphatic rings. The predicted octanol–water partition coefficient (Wildman–Crippen LogP) is 3.19. The molecule has 2 amide bonds. The maximum atomic E-state index is 13.3. The summed E-state index contributed by atoms with van der Waals surface area (Å²) in [5.41, 5.74) is 2.65. The fraction of sp³-hybridized carbons (Fsp3) is 0.417. The summed E-state index contributed by atoms with van der Waals surface area (Å²) < 4.78 is 0. The van der Waals surface area contributed by atoms with Crippen molar-refractivity contribution in [2.45, 2.75) is 43.7 Å². The Morgan fingerprint density at radius 3 is 2.38 bits per heavy atom. The molecule has 0 radical (unpaired) electrons. The van der Waals surface area contributed by atoms with Crippen molar-refractivity contribution >= 4 is 17.5 Å². The van der Waals surface area contributed by atoms with E-state index in [0.29, 0.717) is 12.1 Å². The van der Waals surface area contributed by atoms with Crippen molar-refractivity contribution in [1.29, 1.82) is 0 Å². The Kier molecular flexibility index (Phi) is 4.63. The van der Waals surface area contributed by atoms with Crippen molar-refractivity contribution in [3.05, 3.63) is 65.7 Å². The summed E-state index contributed by atoms with van der Waals surface area (Å²) in [5.74, 6) is 0.273. The Morgan fingerprint density at radius 2 is 1.66 bits per heavy atom. The normalized spacial score (nSPS) is 25.9. The van der Waals surface area contributed by atoms with Gasteiger partial charge in [0.25, 0.3) is 5.91 Å². The van der Waals surface area contributed by atoms with Crippen LogP contribution in [0.1, 0.15) is 47.5 Å². The van der Waals surface area contributed by atoms with E-state index in [4.69, 9.17) is 0 Å². The number of nitrogens with zero attached hydrogens (tertiary/aromatic N) is 2. The van der Waals surface area contributed by atoms with Gasteiger partial charge in [-0.15, -0.1) is 0 Å². The first kappa shape index (κ1) is 18.4. The lowest BCUT2D eigenvalue weighted by Crippen LogP contribution is -2.71. The van der Waals surface area contributed by atoms with E-state index in [-0.39, 0.29) is 42.3 Å². The number of rotatable bonds is 3.